The van der Waals surface area contributed by atoms with Crippen molar-refractivity contribution in [2.24, 2.45) is 5.41 Å². The minimum Gasteiger partial charge on any atom is -0.379 e. The van der Waals surface area contributed by atoms with Crippen LogP contribution in [0.3, 0.4) is 0 Å². The van der Waals surface area contributed by atoms with Gasteiger partial charge in [-0.15, -0.1) is 0 Å². The van der Waals surface area contributed by atoms with Crippen molar-refractivity contribution >= 4 is 21.6 Å². The Bertz CT molecular complexity index is 1480. The van der Waals surface area contributed by atoms with Gasteiger partial charge in [0.1, 0.15) is 0 Å². The topological polar surface area (TPSA) is 93.5 Å². The summed E-state index contributed by atoms with van der Waals surface area (Å²) < 4.78 is 35.0. The van der Waals surface area contributed by atoms with Crippen LogP contribution in [0.15, 0.2) is 59.5 Å². The maximum atomic E-state index is 13.7. The fraction of sp³-hybridized carbons (Fsp3) is 0.429. The minimum atomic E-state index is -3.67. The molecular weight excluding hydrogens is 488 g/mol. The van der Waals surface area contributed by atoms with Gasteiger partial charge >= 0.3 is 0 Å². The van der Waals surface area contributed by atoms with Gasteiger partial charge in [-0.05, 0) is 54.5 Å². The van der Waals surface area contributed by atoms with Gasteiger partial charge in [-0.3, -0.25) is 4.79 Å². The van der Waals surface area contributed by atoms with Crippen LogP contribution in [0.1, 0.15) is 61.3 Å². The van der Waals surface area contributed by atoms with Crippen molar-refractivity contribution < 1.29 is 17.9 Å². The molecule has 37 heavy (non-hydrogen) atoms. The molecule has 194 valence electrons. The van der Waals surface area contributed by atoms with Crippen molar-refractivity contribution in [1.29, 1.82) is 0 Å². The summed E-state index contributed by atoms with van der Waals surface area (Å²) >= 11 is 0. The van der Waals surface area contributed by atoms with E-state index in [1.54, 1.807) is 18.2 Å². The molecule has 1 saturated heterocycles. The van der Waals surface area contributed by atoms with Crippen LogP contribution in [0.5, 0.6) is 0 Å². The molecular formula is C28H32N4O4S. The Labute approximate surface area is 217 Å². The molecule has 2 aliphatic carbocycles. The zero-order chi connectivity index (χ0) is 26.0. The number of ether oxygens (including phenoxy) is 1. The predicted molar refractivity (Wildman–Crippen MR) is 141 cm³/mol. The number of para-hydroxylation sites is 1. The lowest BCUT2D eigenvalue weighted by Crippen LogP contribution is -2.40. The Kier molecular flexibility index (Phi) is 5.60. The van der Waals surface area contributed by atoms with E-state index in [9.17, 15) is 13.2 Å². The molecule has 2 heterocycles. The smallest absolute Gasteiger partial charge is 0.276 e. The van der Waals surface area contributed by atoms with Crippen LogP contribution in [0, 0.1) is 5.41 Å². The Morgan fingerprint density at radius 3 is 2.51 bits per heavy atom. The highest BCUT2D eigenvalue weighted by atomic mass is 32.2. The quantitative estimate of drug-likeness (QED) is 0.541. The third kappa shape index (κ3) is 3.59. The van der Waals surface area contributed by atoms with E-state index in [2.05, 4.69) is 26.1 Å². The second-order valence-electron chi connectivity index (χ2n) is 11.0. The molecule has 8 nitrogen and oxygen atoms in total. The van der Waals surface area contributed by atoms with Crippen LogP contribution in [0.25, 0.3) is 5.69 Å². The average molecular weight is 521 g/mol. The number of aromatic nitrogens is 2. The van der Waals surface area contributed by atoms with E-state index in [0.717, 1.165) is 29.8 Å². The van der Waals surface area contributed by atoms with Gasteiger partial charge in [-0.1, -0.05) is 45.0 Å². The summed E-state index contributed by atoms with van der Waals surface area (Å²) in [5.41, 5.74) is 3.82. The number of carbonyl (C=O) groups excluding carboxylic acids is 1. The van der Waals surface area contributed by atoms with Crippen LogP contribution in [-0.2, 0) is 20.2 Å². The van der Waals surface area contributed by atoms with Crippen molar-refractivity contribution in [3.8, 4) is 5.69 Å². The van der Waals surface area contributed by atoms with Crippen LogP contribution in [0.4, 0.5) is 5.69 Å². The van der Waals surface area contributed by atoms with Crippen LogP contribution in [-0.4, -0.2) is 54.7 Å². The molecule has 1 aliphatic heterocycles. The zero-order valence-electron chi connectivity index (χ0n) is 21.4. The molecule has 2 fully saturated rings. The molecule has 1 aromatic heterocycles. The first-order chi connectivity index (χ1) is 17.6. The highest BCUT2D eigenvalue weighted by molar-refractivity contribution is 7.89. The Hall–Kier alpha value is -3.01. The van der Waals surface area contributed by atoms with E-state index in [4.69, 9.17) is 9.84 Å². The number of sulfonamides is 1. The predicted octanol–water partition coefficient (Wildman–Crippen LogP) is 4.32. The molecule has 0 radical (unpaired) electrons. The minimum absolute atomic E-state index is 0.00167. The highest BCUT2D eigenvalue weighted by Gasteiger charge is 2.63. The number of benzene rings is 2. The molecule has 6 rings (SSSR count). The number of fused-ring (bicyclic) bond motifs is 5. The van der Waals surface area contributed by atoms with Gasteiger partial charge in [0.2, 0.25) is 10.0 Å². The molecule has 2 aromatic carbocycles. The number of carbonyl (C=O) groups is 1. The zero-order valence-corrected chi connectivity index (χ0v) is 22.2. The lowest BCUT2D eigenvalue weighted by atomic mass is 9.70. The molecule has 0 unspecified atom stereocenters. The second-order valence-corrected chi connectivity index (χ2v) is 12.9. The highest BCUT2D eigenvalue weighted by Crippen LogP contribution is 2.68. The van der Waals surface area contributed by atoms with E-state index >= 15 is 0 Å². The third-order valence-electron chi connectivity index (χ3n) is 8.94. The van der Waals surface area contributed by atoms with Gasteiger partial charge in [0, 0.05) is 29.8 Å². The largest absolute Gasteiger partial charge is 0.379 e. The van der Waals surface area contributed by atoms with Gasteiger partial charge in [0.15, 0.2) is 5.69 Å². The van der Waals surface area contributed by atoms with E-state index in [-0.39, 0.29) is 27.6 Å². The molecule has 9 heteroatoms. The van der Waals surface area contributed by atoms with Crippen molar-refractivity contribution in [1.82, 2.24) is 14.1 Å². The van der Waals surface area contributed by atoms with E-state index in [1.807, 2.05) is 35.0 Å². The number of hydrogen-bond donors (Lipinski definition) is 1. The normalized spacial score (nSPS) is 24.7. The first-order valence-corrected chi connectivity index (χ1v) is 14.3. The summed E-state index contributed by atoms with van der Waals surface area (Å²) in [6.07, 6.45) is 2.07. The van der Waals surface area contributed by atoms with Crippen LogP contribution in [0.2, 0.25) is 0 Å². The third-order valence-corrected chi connectivity index (χ3v) is 10.8. The Morgan fingerprint density at radius 1 is 1.05 bits per heavy atom. The maximum Gasteiger partial charge on any atom is 0.276 e. The van der Waals surface area contributed by atoms with Gasteiger partial charge in [-0.2, -0.15) is 9.40 Å². The average Bonchev–Trinajstić information content (AvgIpc) is 3.47. The number of rotatable bonds is 5. The van der Waals surface area contributed by atoms with Gasteiger partial charge in [0.25, 0.3) is 5.91 Å². The van der Waals surface area contributed by atoms with E-state index in [0.29, 0.717) is 37.7 Å². The number of morpholine rings is 1. The first kappa shape index (κ1) is 24.3. The number of hydrogen-bond acceptors (Lipinski definition) is 5. The van der Waals surface area contributed by atoms with Crippen molar-refractivity contribution in [3.05, 3.63) is 71.5 Å². The maximum absolute atomic E-state index is 13.7. The molecule has 2 bridgehead atoms. The SMILES string of the molecule is CC1(C)[C@H]2CC[C@]1(C)c1c2c(C(=O)Nc2cccc(S(=O)(=O)N3CCOCC3)c2)nn1-c1ccccc1. The number of nitrogens with one attached hydrogen (secondary N) is 1. The fourth-order valence-corrected chi connectivity index (χ4v) is 7.96. The Balaban J connectivity index is 1.37. The summed E-state index contributed by atoms with van der Waals surface area (Å²) in [7, 11) is -3.67. The molecule has 3 aromatic rings. The number of anilines is 1. The summed E-state index contributed by atoms with van der Waals surface area (Å²) in [4.78, 5) is 13.9. The first-order valence-electron chi connectivity index (χ1n) is 12.8. The van der Waals surface area contributed by atoms with E-state index < -0.39 is 10.0 Å². The summed E-state index contributed by atoms with van der Waals surface area (Å²) in [5.74, 6) is -0.0856. The lowest BCUT2D eigenvalue weighted by molar-refractivity contribution is 0.0730. The molecule has 3 aliphatic rings. The fourth-order valence-electron chi connectivity index (χ4n) is 6.50. The van der Waals surface area contributed by atoms with Gasteiger partial charge < -0.3 is 10.1 Å². The molecule has 1 amide bonds. The van der Waals surface area contributed by atoms with E-state index in [1.165, 1.54) is 10.4 Å². The van der Waals surface area contributed by atoms with Crippen LogP contribution >= 0.6 is 0 Å². The summed E-state index contributed by atoms with van der Waals surface area (Å²) in [5, 5.41) is 7.80. The summed E-state index contributed by atoms with van der Waals surface area (Å²) in [6.45, 7) is 8.27. The monoisotopic (exact) mass is 520 g/mol. The van der Waals surface area contributed by atoms with Crippen molar-refractivity contribution in [2.75, 3.05) is 31.6 Å². The molecule has 0 spiro atoms. The Morgan fingerprint density at radius 2 is 1.78 bits per heavy atom. The van der Waals surface area contributed by atoms with Crippen molar-refractivity contribution in [2.45, 2.75) is 49.8 Å². The number of amides is 1. The van der Waals surface area contributed by atoms with Crippen molar-refractivity contribution in [3.63, 3.8) is 0 Å². The van der Waals surface area contributed by atoms with Gasteiger partial charge in [0.05, 0.1) is 29.5 Å². The summed E-state index contributed by atoms with van der Waals surface area (Å²) in [6, 6.07) is 16.4. The second kappa shape index (κ2) is 8.51. The number of nitrogens with zero attached hydrogens (tertiary/aromatic N) is 3. The standard InChI is InChI=1S/C28H32N4O4S/c1-27(2)22-12-13-28(27,3)25-23(22)24(30-32(25)20-9-5-4-6-10-20)26(33)29-19-8-7-11-21(18-19)37(34,35)31-14-16-36-17-15-31/h4-11,18,22H,12-17H2,1-3H3,(H,29,33)/t22-,28+/m0/s1. The molecule has 2 atom stereocenters. The lowest BCUT2D eigenvalue weighted by Gasteiger charge is -2.35. The van der Waals surface area contributed by atoms with Crippen LogP contribution < -0.4 is 5.32 Å². The molecule has 1 saturated carbocycles. The van der Waals surface area contributed by atoms with Gasteiger partial charge in [-0.25, -0.2) is 13.1 Å². The molecule has 1 N–H and O–H groups in total.